The van der Waals surface area contributed by atoms with E-state index < -0.39 is 0 Å². The number of carbonyl (C=O) groups excluding carboxylic acids is 1. The minimum Gasteiger partial charge on any atom is -0.356 e. The second-order valence-electron chi connectivity index (χ2n) is 9.97. The van der Waals surface area contributed by atoms with E-state index in [-0.39, 0.29) is 0 Å². The Bertz CT molecular complexity index is 710. The monoisotopic (exact) mass is 428 g/mol. The summed E-state index contributed by atoms with van der Waals surface area (Å²) < 4.78 is 0. The molecule has 1 atom stereocenters. The topological polar surface area (TPSA) is 64.6 Å². The highest BCUT2D eigenvalue weighted by atomic mass is 16.2. The van der Waals surface area contributed by atoms with Crippen LogP contribution in [0.25, 0.3) is 0 Å². The van der Waals surface area contributed by atoms with Crippen LogP contribution in [0.3, 0.4) is 0 Å². The van der Waals surface area contributed by atoms with Gasteiger partial charge in [0.05, 0.1) is 0 Å². The Morgan fingerprint density at radius 3 is 2.52 bits per heavy atom. The van der Waals surface area contributed by atoms with Gasteiger partial charge in [-0.1, -0.05) is 26.7 Å². The SMILES string of the molecule is CC(C)CC(=O)N1CCC(N2CCC(Nc3nccc(N4CCCCCC4)n3)C2)CC1. The Kier molecular flexibility index (Phi) is 7.64. The van der Waals surface area contributed by atoms with Crippen LogP contribution in [0.1, 0.15) is 65.2 Å². The smallest absolute Gasteiger partial charge is 0.224 e. The molecule has 1 aromatic heterocycles. The second kappa shape index (κ2) is 10.6. The summed E-state index contributed by atoms with van der Waals surface area (Å²) in [5.74, 6) is 2.60. The molecule has 1 amide bonds. The third-order valence-electron chi connectivity index (χ3n) is 7.04. The minimum atomic E-state index is 0.329. The number of aromatic nitrogens is 2. The Balaban J connectivity index is 1.25. The standard InChI is InChI=1S/C24H40N6O/c1-19(2)17-23(31)29-15-9-21(10-16-29)30-14-8-20(18-30)26-24-25-11-7-22(27-24)28-12-5-3-4-6-13-28/h7,11,19-21H,3-6,8-10,12-18H2,1-2H3,(H,25,26,27). The lowest BCUT2D eigenvalue weighted by Crippen LogP contribution is -2.46. The van der Waals surface area contributed by atoms with Crippen molar-refractivity contribution < 1.29 is 4.79 Å². The number of carbonyl (C=O) groups is 1. The fourth-order valence-electron chi connectivity index (χ4n) is 5.27. The molecule has 0 saturated carbocycles. The van der Waals surface area contributed by atoms with Crippen molar-refractivity contribution >= 4 is 17.7 Å². The molecule has 1 aromatic rings. The van der Waals surface area contributed by atoms with E-state index in [9.17, 15) is 4.79 Å². The lowest BCUT2D eigenvalue weighted by molar-refractivity contribution is -0.133. The summed E-state index contributed by atoms with van der Waals surface area (Å²) >= 11 is 0. The summed E-state index contributed by atoms with van der Waals surface area (Å²) in [6.07, 6.45) is 11.1. The zero-order chi connectivity index (χ0) is 21.6. The molecule has 3 aliphatic rings. The van der Waals surface area contributed by atoms with Gasteiger partial charge >= 0.3 is 0 Å². The summed E-state index contributed by atoms with van der Waals surface area (Å²) in [7, 11) is 0. The van der Waals surface area contributed by atoms with Crippen LogP contribution in [0.15, 0.2) is 12.3 Å². The summed E-state index contributed by atoms with van der Waals surface area (Å²) in [6.45, 7) is 10.4. The van der Waals surface area contributed by atoms with Crippen molar-refractivity contribution in [3.05, 3.63) is 12.3 Å². The molecule has 172 valence electrons. The third kappa shape index (κ3) is 6.09. The van der Waals surface area contributed by atoms with Crippen LogP contribution in [0.5, 0.6) is 0 Å². The van der Waals surface area contributed by atoms with Gasteiger partial charge in [-0.25, -0.2) is 4.98 Å². The molecule has 31 heavy (non-hydrogen) atoms. The van der Waals surface area contributed by atoms with Crippen molar-refractivity contribution in [1.82, 2.24) is 19.8 Å². The van der Waals surface area contributed by atoms with Crippen LogP contribution in [0, 0.1) is 5.92 Å². The fourth-order valence-corrected chi connectivity index (χ4v) is 5.27. The van der Waals surface area contributed by atoms with E-state index in [0.29, 0.717) is 30.3 Å². The van der Waals surface area contributed by atoms with E-state index in [4.69, 9.17) is 4.98 Å². The number of piperidine rings is 1. The first-order chi connectivity index (χ1) is 15.1. The van der Waals surface area contributed by atoms with Gasteiger partial charge in [-0.3, -0.25) is 9.69 Å². The van der Waals surface area contributed by atoms with E-state index in [1.807, 2.05) is 12.3 Å². The number of rotatable bonds is 6. The van der Waals surface area contributed by atoms with E-state index in [0.717, 1.165) is 70.3 Å². The third-order valence-corrected chi connectivity index (χ3v) is 7.04. The van der Waals surface area contributed by atoms with Crippen molar-refractivity contribution in [2.24, 2.45) is 5.92 Å². The average Bonchev–Trinajstić information content (AvgIpc) is 3.05. The van der Waals surface area contributed by atoms with Gasteiger partial charge < -0.3 is 15.1 Å². The molecule has 0 radical (unpaired) electrons. The highest BCUT2D eigenvalue weighted by Crippen LogP contribution is 2.24. The number of hydrogen-bond donors (Lipinski definition) is 1. The van der Waals surface area contributed by atoms with Gasteiger partial charge in [0.2, 0.25) is 11.9 Å². The van der Waals surface area contributed by atoms with E-state index >= 15 is 0 Å². The fraction of sp³-hybridized carbons (Fsp3) is 0.792. The van der Waals surface area contributed by atoms with Crippen molar-refractivity contribution in [3.63, 3.8) is 0 Å². The lowest BCUT2D eigenvalue weighted by Gasteiger charge is -2.37. The van der Waals surface area contributed by atoms with Gasteiger partial charge in [-0.15, -0.1) is 0 Å². The van der Waals surface area contributed by atoms with Crippen molar-refractivity contribution in [2.75, 3.05) is 49.5 Å². The van der Waals surface area contributed by atoms with Gasteiger partial charge in [-0.05, 0) is 44.1 Å². The van der Waals surface area contributed by atoms with Gasteiger partial charge in [-0.2, -0.15) is 4.98 Å². The van der Waals surface area contributed by atoms with Gasteiger partial charge in [0.15, 0.2) is 0 Å². The molecule has 0 aromatic carbocycles. The average molecular weight is 429 g/mol. The molecule has 0 bridgehead atoms. The van der Waals surface area contributed by atoms with Crippen LogP contribution >= 0.6 is 0 Å². The summed E-state index contributed by atoms with van der Waals surface area (Å²) in [5, 5.41) is 3.60. The van der Waals surface area contributed by atoms with Crippen LogP contribution in [0.2, 0.25) is 0 Å². The Morgan fingerprint density at radius 1 is 1.06 bits per heavy atom. The highest BCUT2D eigenvalue weighted by Gasteiger charge is 2.32. The summed E-state index contributed by atoms with van der Waals surface area (Å²) in [6, 6.07) is 3.05. The molecule has 3 fully saturated rings. The number of nitrogens with zero attached hydrogens (tertiary/aromatic N) is 5. The van der Waals surface area contributed by atoms with Gasteiger partial charge in [0.1, 0.15) is 5.82 Å². The zero-order valence-corrected chi connectivity index (χ0v) is 19.4. The number of likely N-dealkylation sites (tertiary alicyclic amines) is 2. The van der Waals surface area contributed by atoms with Gasteiger partial charge in [0.25, 0.3) is 0 Å². The normalized spacial score (nSPS) is 23.9. The minimum absolute atomic E-state index is 0.329. The predicted molar refractivity (Wildman–Crippen MR) is 125 cm³/mol. The van der Waals surface area contributed by atoms with Crippen LogP contribution in [0.4, 0.5) is 11.8 Å². The molecule has 3 aliphatic heterocycles. The molecule has 7 nitrogen and oxygen atoms in total. The van der Waals surface area contributed by atoms with E-state index in [1.165, 1.54) is 25.7 Å². The highest BCUT2D eigenvalue weighted by molar-refractivity contribution is 5.76. The number of nitrogens with one attached hydrogen (secondary N) is 1. The predicted octanol–water partition coefficient (Wildman–Crippen LogP) is 3.38. The molecular weight excluding hydrogens is 388 g/mol. The molecule has 4 heterocycles. The second-order valence-corrected chi connectivity index (χ2v) is 9.97. The summed E-state index contributed by atoms with van der Waals surface area (Å²) in [4.78, 5) is 28.8. The zero-order valence-electron chi connectivity index (χ0n) is 19.4. The maximum Gasteiger partial charge on any atom is 0.224 e. The number of hydrogen-bond acceptors (Lipinski definition) is 6. The molecule has 1 N–H and O–H groups in total. The Labute approximate surface area is 187 Å². The van der Waals surface area contributed by atoms with Crippen LogP contribution in [-0.2, 0) is 4.79 Å². The van der Waals surface area contributed by atoms with Crippen molar-refractivity contribution in [1.29, 1.82) is 0 Å². The molecule has 1 unspecified atom stereocenters. The van der Waals surface area contributed by atoms with Crippen LogP contribution in [-0.4, -0.2) is 77.0 Å². The van der Waals surface area contributed by atoms with E-state index in [2.05, 4.69) is 38.8 Å². The molecule has 3 saturated heterocycles. The maximum atomic E-state index is 12.3. The van der Waals surface area contributed by atoms with Crippen LogP contribution < -0.4 is 10.2 Å². The molecular formula is C24H40N6O. The summed E-state index contributed by atoms with van der Waals surface area (Å²) in [5.41, 5.74) is 0. The molecule has 0 aliphatic carbocycles. The number of anilines is 2. The first-order valence-electron chi connectivity index (χ1n) is 12.4. The molecule has 4 rings (SSSR count). The quantitative estimate of drug-likeness (QED) is 0.749. The molecule has 0 spiro atoms. The van der Waals surface area contributed by atoms with E-state index in [1.54, 1.807) is 0 Å². The first kappa shape index (κ1) is 22.3. The van der Waals surface area contributed by atoms with Crippen molar-refractivity contribution in [2.45, 2.75) is 77.3 Å². The van der Waals surface area contributed by atoms with Crippen molar-refractivity contribution in [3.8, 4) is 0 Å². The van der Waals surface area contributed by atoms with Gasteiger partial charge in [0, 0.05) is 64.0 Å². The lowest BCUT2D eigenvalue weighted by atomic mass is 10.0. The Hall–Kier alpha value is -1.89. The largest absolute Gasteiger partial charge is 0.356 e. The Morgan fingerprint density at radius 2 is 1.81 bits per heavy atom. The number of amides is 1. The molecule has 7 heteroatoms. The maximum absolute atomic E-state index is 12.3. The first-order valence-corrected chi connectivity index (χ1v) is 12.4.